The maximum Gasteiger partial charge on any atom is 0.271 e. The molecule has 1 aromatic heterocycles. The second kappa shape index (κ2) is 5.91. The van der Waals surface area contributed by atoms with Crippen molar-refractivity contribution in [2.75, 3.05) is 18.6 Å². The molecular formula is C15H14N4O4. The molecule has 2 N–H and O–H groups in total. The van der Waals surface area contributed by atoms with Gasteiger partial charge in [0, 0.05) is 19.7 Å². The minimum Gasteiger partial charge on any atom is -0.482 e. The molecule has 0 saturated heterocycles. The van der Waals surface area contributed by atoms with Gasteiger partial charge in [0.05, 0.1) is 5.69 Å². The zero-order valence-corrected chi connectivity index (χ0v) is 12.3. The van der Waals surface area contributed by atoms with E-state index in [4.69, 9.17) is 4.74 Å². The van der Waals surface area contributed by atoms with E-state index in [2.05, 4.69) is 15.5 Å². The van der Waals surface area contributed by atoms with Crippen molar-refractivity contribution in [3.05, 3.63) is 51.9 Å². The number of aromatic amines is 1. The van der Waals surface area contributed by atoms with Gasteiger partial charge in [0.25, 0.3) is 17.4 Å². The zero-order chi connectivity index (χ0) is 16.4. The van der Waals surface area contributed by atoms with Gasteiger partial charge in [-0.05, 0) is 23.8 Å². The number of likely N-dealkylation sites (N-methyl/N-ethyl adjacent to an activating group) is 1. The highest BCUT2D eigenvalue weighted by molar-refractivity contribution is 5.97. The summed E-state index contributed by atoms with van der Waals surface area (Å²) in [7, 11) is 1.68. The molecule has 8 nitrogen and oxygen atoms in total. The number of benzene rings is 1. The van der Waals surface area contributed by atoms with Crippen LogP contribution in [-0.4, -0.2) is 35.7 Å². The maximum atomic E-state index is 11.9. The number of carbonyl (C=O) groups excluding carboxylic acids is 2. The minimum absolute atomic E-state index is 0.0253. The van der Waals surface area contributed by atoms with E-state index in [1.807, 2.05) is 6.07 Å². The highest BCUT2D eigenvalue weighted by atomic mass is 16.5. The Morgan fingerprint density at radius 1 is 1.35 bits per heavy atom. The molecule has 0 atom stereocenters. The molecule has 0 aliphatic carbocycles. The molecule has 23 heavy (non-hydrogen) atoms. The second-order valence-electron chi connectivity index (χ2n) is 5.03. The topological polar surface area (TPSA) is 104 Å². The van der Waals surface area contributed by atoms with Crippen molar-refractivity contribution in [3.63, 3.8) is 0 Å². The molecule has 0 saturated carbocycles. The average Bonchev–Trinajstić information content (AvgIpc) is 2.57. The number of nitrogens with zero attached hydrogens (tertiary/aromatic N) is 2. The van der Waals surface area contributed by atoms with Crippen molar-refractivity contribution >= 4 is 17.5 Å². The Balaban J connectivity index is 1.71. The van der Waals surface area contributed by atoms with Crippen LogP contribution >= 0.6 is 0 Å². The summed E-state index contributed by atoms with van der Waals surface area (Å²) in [5.74, 6) is 0.0975. The van der Waals surface area contributed by atoms with Gasteiger partial charge in [-0.2, -0.15) is 5.10 Å². The third kappa shape index (κ3) is 3.05. The van der Waals surface area contributed by atoms with E-state index >= 15 is 0 Å². The lowest BCUT2D eigenvalue weighted by atomic mass is 10.1. The SMILES string of the molecule is CN1C(=O)COc2ccc(CNC(=O)c3ccc(=O)[nH]n3)cc21. The number of nitrogens with one attached hydrogen (secondary N) is 2. The second-order valence-corrected chi connectivity index (χ2v) is 5.03. The molecule has 1 aliphatic rings. The van der Waals surface area contributed by atoms with Crippen LogP contribution < -0.4 is 20.5 Å². The fourth-order valence-electron chi connectivity index (χ4n) is 2.17. The number of hydrogen-bond donors (Lipinski definition) is 2. The van der Waals surface area contributed by atoms with Gasteiger partial charge >= 0.3 is 0 Å². The van der Waals surface area contributed by atoms with Crippen LogP contribution in [-0.2, 0) is 11.3 Å². The molecule has 2 amide bonds. The highest BCUT2D eigenvalue weighted by Crippen LogP contribution is 2.31. The van der Waals surface area contributed by atoms with Crippen LogP contribution in [0.1, 0.15) is 16.1 Å². The third-order valence-corrected chi connectivity index (χ3v) is 3.47. The van der Waals surface area contributed by atoms with Crippen molar-refractivity contribution in [1.82, 2.24) is 15.5 Å². The van der Waals surface area contributed by atoms with Crippen LogP contribution in [0.3, 0.4) is 0 Å². The van der Waals surface area contributed by atoms with Crippen LogP contribution in [0.4, 0.5) is 5.69 Å². The number of amides is 2. The molecule has 3 rings (SSSR count). The Hall–Kier alpha value is -3.16. The number of H-pyrrole nitrogens is 1. The minimum atomic E-state index is -0.403. The maximum absolute atomic E-state index is 11.9. The lowest BCUT2D eigenvalue weighted by Gasteiger charge is -2.26. The quantitative estimate of drug-likeness (QED) is 0.833. The predicted octanol–water partition coefficient (Wildman–Crippen LogP) is 0.0551. The first-order valence-corrected chi connectivity index (χ1v) is 6.91. The summed E-state index contributed by atoms with van der Waals surface area (Å²) in [6.07, 6.45) is 0. The van der Waals surface area contributed by atoms with Gasteiger partial charge < -0.3 is 15.0 Å². The van der Waals surface area contributed by atoms with Crippen LogP contribution in [0.5, 0.6) is 5.75 Å². The summed E-state index contributed by atoms with van der Waals surface area (Å²) in [6, 6.07) is 7.94. The van der Waals surface area contributed by atoms with Gasteiger partial charge in [0.1, 0.15) is 11.4 Å². The fourth-order valence-corrected chi connectivity index (χ4v) is 2.17. The van der Waals surface area contributed by atoms with E-state index in [9.17, 15) is 14.4 Å². The summed E-state index contributed by atoms with van der Waals surface area (Å²) >= 11 is 0. The van der Waals surface area contributed by atoms with Crippen molar-refractivity contribution in [2.24, 2.45) is 0 Å². The fraction of sp³-hybridized carbons (Fsp3) is 0.200. The third-order valence-electron chi connectivity index (χ3n) is 3.47. The lowest BCUT2D eigenvalue weighted by Crippen LogP contribution is -2.35. The molecule has 1 aliphatic heterocycles. The predicted molar refractivity (Wildman–Crippen MR) is 81.4 cm³/mol. The number of hydrogen-bond acceptors (Lipinski definition) is 5. The van der Waals surface area contributed by atoms with Crippen LogP contribution in [0.15, 0.2) is 35.1 Å². The van der Waals surface area contributed by atoms with E-state index < -0.39 is 5.91 Å². The molecule has 0 fully saturated rings. The Bertz CT molecular complexity index is 810. The molecule has 2 heterocycles. The smallest absolute Gasteiger partial charge is 0.271 e. The molecule has 0 spiro atoms. The number of ether oxygens (including phenoxy) is 1. The van der Waals surface area contributed by atoms with Crippen molar-refractivity contribution in [3.8, 4) is 5.75 Å². The van der Waals surface area contributed by atoms with Gasteiger partial charge in [0.2, 0.25) is 0 Å². The first-order chi connectivity index (χ1) is 11.0. The Kier molecular flexibility index (Phi) is 3.80. The number of fused-ring (bicyclic) bond motifs is 1. The normalized spacial score (nSPS) is 13.3. The monoisotopic (exact) mass is 314 g/mol. The molecule has 0 unspecified atom stereocenters. The summed E-state index contributed by atoms with van der Waals surface area (Å²) in [5.41, 5.74) is 1.23. The number of carbonyl (C=O) groups is 2. The zero-order valence-electron chi connectivity index (χ0n) is 12.3. The average molecular weight is 314 g/mol. The van der Waals surface area contributed by atoms with Crippen LogP contribution in [0, 0.1) is 0 Å². The van der Waals surface area contributed by atoms with Crippen molar-refractivity contribution in [2.45, 2.75) is 6.54 Å². The molecule has 2 aromatic rings. The Labute approximate surface area is 131 Å². The standard InChI is InChI=1S/C15H14N4O4/c1-19-11-6-9(2-4-12(11)23-8-14(19)21)7-16-15(22)10-3-5-13(20)18-17-10/h2-6H,7-8H2,1H3,(H,16,22)(H,18,20). The van der Waals surface area contributed by atoms with E-state index in [-0.39, 0.29) is 30.3 Å². The van der Waals surface area contributed by atoms with Gasteiger partial charge in [0.15, 0.2) is 6.61 Å². The molecule has 1 aromatic carbocycles. The first-order valence-electron chi connectivity index (χ1n) is 6.91. The van der Waals surface area contributed by atoms with Crippen LogP contribution in [0.2, 0.25) is 0 Å². The van der Waals surface area contributed by atoms with Gasteiger partial charge in [-0.15, -0.1) is 0 Å². The largest absolute Gasteiger partial charge is 0.482 e. The van der Waals surface area contributed by atoms with E-state index in [0.717, 1.165) is 5.56 Å². The van der Waals surface area contributed by atoms with Crippen molar-refractivity contribution < 1.29 is 14.3 Å². The molecule has 0 radical (unpaired) electrons. The van der Waals surface area contributed by atoms with Crippen molar-refractivity contribution in [1.29, 1.82) is 0 Å². The number of aromatic nitrogens is 2. The van der Waals surface area contributed by atoms with E-state index in [0.29, 0.717) is 11.4 Å². The Morgan fingerprint density at radius 3 is 2.91 bits per heavy atom. The first kappa shape index (κ1) is 14.8. The molecule has 118 valence electrons. The molecule has 0 bridgehead atoms. The summed E-state index contributed by atoms with van der Waals surface area (Å²) in [6.45, 7) is 0.284. The van der Waals surface area contributed by atoms with Gasteiger partial charge in [-0.3, -0.25) is 14.4 Å². The number of rotatable bonds is 3. The summed E-state index contributed by atoms with van der Waals surface area (Å²) in [4.78, 5) is 36.0. The van der Waals surface area contributed by atoms with Crippen LogP contribution in [0.25, 0.3) is 0 Å². The van der Waals surface area contributed by atoms with E-state index in [1.165, 1.54) is 17.0 Å². The molecule has 8 heteroatoms. The van der Waals surface area contributed by atoms with Gasteiger partial charge in [-0.25, -0.2) is 5.10 Å². The summed E-state index contributed by atoms with van der Waals surface area (Å²) < 4.78 is 5.34. The van der Waals surface area contributed by atoms with Gasteiger partial charge in [-0.1, -0.05) is 6.07 Å². The lowest BCUT2D eigenvalue weighted by molar-refractivity contribution is -0.120. The highest BCUT2D eigenvalue weighted by Gasteiger charge is 2.22. The summed E-state index contributed by atoms with van der Waals surface area (Å²) in [5, 5.41) is 8.56. The molecular weight excluding hydrogens is 300 g/mol. The van der Waals surface area contributed by atoms with E-state index in [1.54, 1.807) is 19.2 Å². The number of anilines is 1. The Morgan fingerprint density at radius 2 is 2.17 bits per heavy atom.